The lowest BCUT2D eigenvalue weighted by Gasteiger charge is -2.57. The molecule has 1 spiro atoms. The van der Waals surface area contributed by atoms with Crippen molar-refractivity contribution in [2.24, 2.45) is 11.1 Å². The Labute approximate surface area is 147 Å². The maximum Gasteiger partial charge on any atom is 0.273 e. The van der Waals surface area contributed by atoms with Gasteiger partial charge in [-0.2, -0.15) is 0 Å². The molecule has 0 bridgehead atoms. The quantitative estimate of drug-likeness (QED) is 0.722. The van der Waals surface area contributed by atoms with Gasteiger partial charge in [-0.25, -0.2) is 0 Å². The third-order valence-corrected chi connectivity index (χ3v) is 5.67. The van der Waals surface area contributed by atoms with E-state index in [-0.39, 0.29) is 29.9 Å². The van der Waals surface area contributed by atoms with Crippen molar-refractivity contribution < 1.29 is 14.1 Å². The van der Waals surface area contributed by atoms with Gasteiger partial charge in [0.25, 0.3) is 5.91 Å². The van der Waals surface area contributed by atoms with Crippen molar-refractivity contribution in [1.29, 1.82) is 0 Å². The van der Waals surface area contributed by atoms with E-state index in [4.69, 9.17) is 10.3 Å². The van der Waals surface area contributed by atoms with Crippen molar-refractivity contribution in [3.05, 3.63) is 17.5 Å². The molecule has 0 aliphatic heterocycles. The molecule has 1 aromatic rings. The third kappa shape index (κ3) is 3.56. The van der Waals surface area contributed by atoms with Gasteiger partial charge in [0.2, 0.25) is 5.91 Å². The van der Waals surface area contributed by atoms with Crippen molar-refractivity contribution >= 4 is 11.8 Å². The van der Waals surface area contributed by atoms with Crippen LogP contribution in [-0.2, 0) is 4.79 Å². The Morgan fingerprint density at radius 2 is 1.92 bits per heavy atom. The zero-order valence-corrected chi connectivity index (χ0v) is 14.6. The number of aromatic nitrogens is 1. The lowest BCUT2D eigenvalue weighted by atomic mass is 9.52. The second-order valence-electron chi connectivity index (χ2n) is 8.32. The second-order valence-corrected chi connectivity index (χ2v) is 8.32. The maximum atomic E-state index is 12.2. The standard InChI is InChI=1S/C18H26N4O3/c1-10(19)4-16(23)20-12-6-18(7-12)8-13(9-18)21-17(24)14-5-15(25-22-14)11-2-3-11/h5,10-13H,2-4,6-9,19H2,1H3,(H,20,23)(H,21,24)/t10-,12-,13-,18?/m0/s1. The van der Waals surface area contributed by atoms with Crippen molar-refractivity contribution in [1.82, 2.24) is 15.8 Å². The van der Waals surface area contributed by atoms with Gasteiger partial charge in [-0.1, -0.05) is 5.16 Å². The van der Waals surface area contributed by atoms with Crippen LogP contribution in [0.1, 0.15) is 74.0 Å². The van der Waals surface area contributed by atoms with E-state index in [1.807, 2.05) is 6.92 Å². The first-order chi connectivity index (χ1) is 11.9. The summed E-state index contributed by atoms with van der Waals surface area (Å²) in [4.78, 5) is 24.0. The van der Waals surface area contributed by atoms with Crippen molar-refractivity contribution in [2.75, 3.05) is 0 Å². The highest BCUT2D eigenvalue weighted by atomic mass is 16.5. The molecule has 0 aromatic carbocycles. The van der Waals surface area contributed by atoms with Gasteiger partial charge < -0.3 is 20.9 Å². The van der Waals surface area contributed by atoms with E-state index in [9.17, 15) is 9.59 Å². The highest BCUT2D eigenvalue weighted by molar-refractivity contribution is 5.92. The summed E-state index contributed by atoms with van der Waals surface area (Å²) in [7, 11) is 0. The Bertz CT molecular complexity index is 666. The van der Waals surface area contributed by atoms with E-state index >= 15 is 0 Å². The minimum Gasteiger partial charge on any atom is -0.360 e. The first kappa shape index (κ1) is 16.6. The molecular weight excluding hydrogens is 320 g/mol. The van der Waals surface area contributed by atoms with E-state index in [1.54, 1.807) is 6.07 Å². The Morgan fingerprint density at radius 3 is 2.52 bits per heavy atom. The van der Waals surface area contributed by atoms with Crippen LogP contribution in [0.3, 0.4) is 0 Å². The van der Waals surface area contributed by atoms with E-state index in [2.05, 4.69) is 15.8 Å². The fourth-order valence-electron chi connectivity index (χ4n) is 4.30. The summed E-state index contributed by atoms with van der Waals surface area (Å²) in [5.41, 5.74) is 6.33. The van der Waals surface area contributed by atoms with Gasteiger partial charge in [-0.05, 0) is 50.9 Å². The number of carbonyl (C=O) groups is 2. The lowest BCUT2D eigenvalue weighted by Crippen LogP contribution is -2.61. The molecule has 3 saturated carbocycles. The third-order valence-electron chi connectivity index (χ3n) is 5.67. The molecule has 4 rings (SSSR count). The van der Waals surface area contributed by atoms with Crippen LogP contribution in [-0.4, -0.2) is 35.1 Å². The molecule has 3 aliphatic carbocycles. The average Bonchev–Trinajstić information content (AvgIpc) is 3.19. The number of nitrogens with two attached hydrogens (primary N) is 1. The minimum atomic E-state index is -0.142. The van der Waals surface area contributed by atoms with Crippen LogP contribution in [0.5, 0.6) is 0 Å². The highest BCUT2D eigenvalue weighted by Crippen LogP contribution is 2.56. The van der Waals surface area contributed by atoms with Crippen molar-refractivity contribution in [2.45, 2.75) is 75.9 Å². The van der Waals surface area contributed by atoms with Crippen LogP contribution in [0.4, 0.5) is 0 Å². The molecule has 1 aromatic heterocycles. The molecule has 1 heterocycles. The summed E-state index contributed by atoms with van der Waals surface area (Å²) in [6, 6.07) is 2.14. The molecule has 3 aliphatic rings. The number of hydrogen-bond donors (Lipinski definition) is 3. The smallest absolute Gasteiger partial charge is 0.273 e. The molecule has 7 heteroatoms. The molecule has 25 heavy (non-hydrogen) atoms. The number of amides is 2. The van der Waals surface area contributed by atoms with Gasteiger partial charge in [0.05, 0.1) is 0 Å². The predicted molar refractivity (Wildman–Crippen MR) is 90.8 cm³/mol. The zero-order chi connectivity index (χ0) is 17.6. The summed E-state index contributed by atoms with van der Waals surface area (Å²) in [5, 5.41) is 9.97. The van der Waals surface area contributed by atoms with Gasteiger partial charge in [0.15, 0.2) is 5.69 Å². The number of hydrogen-bond acceptors (Lipinski definition) is 5. The lowest BCUT2D eigenvalue weighted by molar-refractivity contribution is -0.125. The molecule has 4 N–H and O–H groups in total. The summed E-state index contributed by atoms with van der Waals surface area (Å²) < 4.78 is 5.23. The van der Waals surface area contributed by atoms with Crippen LogP contribution in [0.15, 0.2) is 10.6 Å². The molecule has 3 fully saturated rings. The summed E-state index contributed by atoms with van der Waals surface area (Å²) in [6.07, 6.45) is 6.59. The molecule has 2 amide bonds. The van der Waals surface area contributed by atoms with Gasteiger partial charge >= 0.3 is 0 Å². The predicted octanol–water partition coefficient (Wildman–Crippen LogP) is 1.45. The van der Waals surface area contributed by atoms with E-state index in [0.717, 1.165) is 44.3 Å². The maximum absolute atomic E-state index is 12.2. The number of nitrogens with one attached hydrogen (secondary N) is 2. The monoisotopic (exact) mass is 346 g/mol. The molecule has 136 valence electrons. The van der Waals surface area contributed by atoms with E-state index in [1.165, 1.54) is 0 Å². The SMILES string of the molecule is C[C@H](N)CC(=O)N[C@H]1CC2(C1)C[C@H](NC(=O)c1cc(C3CC3)on1)C2. The molecule has 7 nitrogen and oxygen atoms in total. The number of carbonyl (C=O) groups excluding carboxylic acids is 2. The van der Waals surface area contributed by atoms with E-state index < -0.39 is 0 Å². The van der Waals surface area contributed by atoms with Crippen LogP contribution in [0.2, 0.25) is 0 Å². The fourth-order valence-corrected chi connectivity index (χ4v) is 4.30. The van der Waals surface area contributed by atoms with Crippen molar-refractivity contribution in [3.63, 3.8) is 0 Å². The van der Waals surface area contributed by atoms with Crippen LogP contribution >= 0.6 is 0 Å². The van der Waals surface area contributed by atoms with Gasteiger partial charge in [-0.15, -0.1) is 0 Å². The minimum absolute atomic E-state index is 0.0384. The highest BCUT2D eigenvalue weighted by Gasteiger charge is 2.53. The first-order valence-electron chi connectivity index (χ1n) is 9.25. The Morgan fingerprint density at radius 1 is 1.28 bits per heavy atom. The van der Waals surface area contributed by atoms with Crippen LogP contribution in [0.25, 0.3) is 0 Å². The average molecular weight is 346 g/mol. The molecule has 0 saturated heterocycles. The zero-order valence-electron chi connectivity index (χ0n) is 14.6. The summed E-state index contributed by atoms with van der Waals surface area (Å²) in [6.45, 7) is 1.84. The molecule has 1 atom stereocenters. The summed E-state index contributed by atoms with van der Waals surface area (Å²) in [5.74, 6) is 1.19. The van der Waals surface area contributed by atoms with Crippen LogP contribution < -0.4 is 16.4 Å². The van der Waals surface area contributed by atoms with Gasteiger partial charge in [0, 0.05) is 36.5 Å². The Balaban J connectivity index is 1.18. The van der Waals surface area contributed by atoms with Gasteiger partial charge in [0.1, 0.15) is 5.76 Å². The Hall–Kier alpha value is -1.89. The molecular formula is C18H26N4O3. The topological polar surface area (TPSA) is 110 Å². The Kier molecular flexibility index (Phi) is 4.06. The first-order valence-corrected chi connectivity index (χ1v) is 9.25. The second kappa shape index (κ2) is 6.12. The summed E-state index contributed by atoms with van der Waals surface area (Å²) >= 11 is 0. The van der Waals surface area contributed by atoms with Crippen molar-refractivity contribution in [3.8, 4) is 0 Å². The number of nitrogens with zero attached hydrogens (tertiary/aromatic N) is 1. The largest absolute Gasteiger partial charge is 0.360 e. The molecule has 0 unspecified atom stereocenters. The van der Waals surface area contributed by atoms with E-state index in [0.29, 0.717) is 23.4 Å². The normalized spacial score (nSPS) is 31.8. The number of rotatable bonds is 6. The van der Waals surface area contributed by atoms with Crippen LogP contribution in [0, 0.1) is 5.41 Å². The van der Waals surface area contributed by atoms with Gasteiger partial charge in [-0.3, -0.25) is 9.59 Å². The fraction of sp³-hybridized carbons (Fsp3) is 0.722. The molecule has 0 radical (unpaired) electrons.